The zero-order valence-electron chi connectivity index (χ0n) is 11.2. The molecule has 2 rings (SSSR count). The number of aliphatic hydroxyl groups is 1. The highest BCUT2D eigenvalue weighted by Crippen LogP contribution is 2.37. The van der Waals surface area contributed by atoms with Crippen LogP contribution in [0, 0.1) is 5.82 Å². The Hall–Kier alpha value is -1.49. The molecule has 0 unspecified atom stereocenters. The van der Waals surface area contributed by atoms with Crippen molar-refractivity contribution in [3.05, 3.63) is 57.3 Å². The van der Waals surface area contributed by atoms with Crippen molar-refractivity contribution in [1.82, 2.24) is 0 Å². The molecule has 0 heterocycles. The molecule has 0 aromatic heterocycles. The number of methoxy groups -OCH3 is 1. The lowest BCUT2D eigenvalue weighted by Gasteiger charge is -2.14. The van der Waals surface area contributed by atoms with Crippen molar-refractivity contribution < 1.29 is 19.0 Å². The van der Waals surface area contributed by atoms with Crippen LogP contribution in [-0.2, 0) is 13.2 Å². The summed E-state index contributed by atoms with van der Waals surface area (Å²) in [5.41, 5.74) is 1.32. The molecule has 0 bridgehead atoms. The molecule has 0 fully saturated rings. The Kier molecular flexibility index (Phi) is 5.28. The molecule has 2 aromatic carbocycles. The number of aliphatic hydroxyl groups excluding tert-OH is 1. The quantitative estimate of drug-likeness (QED) is 0.892. The lowest BCUT2D eigenvalue weighted by Crippen LogP contribution is -2.00. The van der Waals surface area contributed by atoms with Gasteiger partial charge in [0.15, 0.2) is 11.5 Å². The molecule has 1 N–H and O–H groups in total. The Morgan fingerprint density at radius 3 is 2.43 bits per heavy atom. The molecular weight excluding hydrogens is 318 g/mol. The topological polar surface area (TPSA) is 38.7 Å². The van der Waals surface area contributed by atoms with Gasteiger partial charge in [0.2, 0.25) is 0 Å². The van der Waals surface area contributed by atoms with Crippen LogP contribution >= 0.6 is 23.2 Å². The maximum absolute atomic E-state index is 13.1. The molecule has 3 nitrogen and oxygen atoms in total. The van der Waals surface area contributed by atoms with Gasteiger partial charge < -0.3 is 14.6 Å². The Morgan fingerprint density at radius 2 is 1.81 bits per heavy atom. The molecule has 21 heavy (non-hydrogen) atoms. The van der Waals surface area contributed by atoms with Crippen molar-refractivity contribution in [2.24, 2.45) is 0 Å². The summed E-state index contributed by atoms with van der Waals surface area (Å²) in [4.78, 5) is 0. The summed E-state index contributed by atoms with van der Waals surface area (Å²) in [6.07, 6.45) is 0. The van der Waals surface area contributed by atoms with Crippen LogP contribution in [0.4, 0.5) is 4.39 Å². The summed E-state index contributed by atoms with van der Waals surface area (Å²) in [5.74, 6) is 0.292. The van der Waals surface area contributed by atoms with E-state index in [0.717, 1.165) is 0 Å². The van der Waals surface area contributed by atoms with Crippen LogP contribution in [0.1, 0.15) is 11.1 Å². The number of benzene rings is 2. The van der Waals surface area contributed by atoms with E-state index in [9.17, 15) is 4.39 Å². The van der Waals surface area contributed by atoms with Crippen molar-refractivity contribution in [3.63, 3.8) is 0 Å². The molecule has 0 saturated heterocycles. The average molecular weight is 331 g/mol. The summed E-state index contributed by atoms with van der Waals surface area (Å²) >= 11 is 11.8. The first kappa shape index (κ1) is 15.9. The van der Waals surface area contributed by atoms with Gasteiger partial charge in [-0.25, -0.2) is 4.39 Å². The highest BCUT2D eigenvalue weighted by molar-refractivity contribution is 6.32. The molecule has 0 amide bonds. The largest absolute Gasteiger partial charge is 0.493 e. The summed E-state index contributed by atoms with van der Waals surface area (Å²) < 4.78 is 23.9. The molecule has 0 aliphatic carbocycles. The Morgan fingerprint density at radius 1 is 1.10 bits per heavy atom. The average Bonchev–Trinajstić information content (AvgIpc) is 2.48. The number of halogens is 3. The number of rotatable bonds is 5. The SMILES string of the molecule is COc1cc(CO)cc(Cl)c1OCc1ccc(F)c(Cl)c1. The number of hydrogen-bond acceptors (Lipinski definition) is 3. The second-order valence-corrected chi connectivity index (χ2v) is 5.12. The smallest absolute Gasteiger partial charge is 0.180 e. The molecule has 112 valence electrons. The predicted molar refractivity (Wildman–Crippen MR) is 79.7 cm³/mol. The first-order valence-corrected chi connectivity index (χ1v) is 6.84. The van der Waals surface area contributed by atoms with E-state index in [1.165, 1.54) is 19.2 Å². The van der Waals surface area contributed by atoms with E-state index in [2.05, 4.69) is 0 Å². The lowest BCUT2D eigenvalue weighted by molar-refractivity contribution is 0.274. The molecule has 0 spiro atoms. The fraction of sp³-hybridized carbons (Fsp3) is 0.200. The normalized spacial score (nSPS) is 10.5. The Bertz CT molecular complexity index is 647. The van der Waals surface area contributed by atoms with Gasteiger partial charge in [0.25, 0.3) is 0 Å². The Labute approximate surface area is 131 Å². The summed E-state index contributed by atoms with van der Waals surface area (Å²) in [6, 6.07) is 7.56. The van der Waals surface area contributed by atoms with E-state index in [4.69, 9.17) is 37.8 Å². The molecule has 2 aromatic rings. The van der Waals surface area contributed by atoms with Gasteiger partial charge in [-0.1, -0.05) is 29.3 Å². The third-order valence-corrected chi connectivity index (χ3v) is 3.41. The maximum Gasteiger partial charge on any atom is 0.180 e. The van der Waals surface area contributed by atoms with Crippen molar-refractivity contribution in [2.75, 3.05) is 7.11 Å². The standard InChI is InChI=1S/C15H13Cl2FO3/c1-20-14-6-10(7-19)5-12(17)15(14)21-8-9-2-3-13(18)11(16)4-9/h2-6,19H,7-8H2,1H3. The first-order valence-electron chi connectivity index (χ1n) is 6.09. The van der Waals surface area contributed by atoms with Crippen molar-refractivity contribution in [3.8, 4) is 11.5 Å². The predicted octanol–water partition coefficient (Wildman–Crippen LogP) is 4.21. The molecule has 6 heteroatoms. The zero-order chi connectivity index (χ0) is 15.4. The van der Waals surface area contributed by atoms with E-state index >= 15 is 0 Å². The Balaban J connectivity index is 2.21. The fourth-order valence-electron chi connectivity index (χ4n) is 1.79. The van der Waals surface area contributed by atoms with E-state index in [1.807, 2.05) is 0 Å². The van der Waals surface area contributed by atoms with E-state index in [-0.39, 0.29) is 18.2 Å². The zero-order valence-corrected chi connectivity index (χ0v) is 12.7. The molecule has 0 aliphatic rings. The minimum absolute atomic E-state index is 0.0322. The van der Waals surface area contributed by atoms with Gasteiger partial charge in [-0.15, -0.1) is 0 Å². The number of ether oxygens (including phenoxy) is 2. The minimum Gasteiger partial charge on any atom is -0.493 e. The third kappa shape index (κ3) is 3.79. The van der Waals surface area contributed by atoms with Crippen LogP contribution < -0.4 is 9.47 Å². The van der Waals surface area contributed by atoms with Crippen LogP contribution in [0.5, 0.6) is 11.5 Å². The molecule has 0 radical (unpaired) electrons. The van der Waals surface area contributed by atoms with Gasteiger partial charge in [0.1, 0.15) is 12.4 Å². The molecule has 0 atom stereocenters. The molecular formula is C15H13Cl2FO3. The van der Waals surface area contributed by atoms with Gasteiger partial charge in [0, 0.05) is 0 Å². The lowest BCUT2D eigenvalue weighted by atomic mass is 10.2. The molecule has 0 saturated carbocycles. The monoisotopic (exact) mass is 330 g/mol. The van der Waals surface area contributed by atoms with Crippen LogP contribution in [0.25, 0.3) is 0 Å². The van der Waals surface area contributed by atoms with Gasteiger partial charge in [0.05, 0.1) is 23.8 Å². The highest BCUT2D eigenvalue weighted by Gasteiger charge is 2.12. The van der Waals surface area contributed by atoms with Crippen molar-refractivity contribution >= 4 is 23.2 Å². The second-order valence-electron chi connectivity index (χ2n) is 4.30. The highest BCUT2D eigenvalue weighted by atomic mass is 35.5. The maximum atomic E-state index is 13.1. The second kappa shape index (κ2) is 6.98. The summed E-state index contributed by atoms with van der Waals surface area (Å²) in [7, 11) is 1.48. The van der Waals surface area contributed by atoms with Crippen molar-refractivity contribution in [1.29, 1.82) is 0 Å². The van der Waals surface area contributed by atoms with Crippen LogP contribution in [0.3, 0.4) is 0 Å². The van der Waals surface area contributed by atoms with Crippen LogP contribution in [0.2, 0.25) is 10.0 Å². The van der Waals surface area contributed by atoms with Crippen molar-refractivity contribution in [2.45, 2.75) is 13.2 Å². The summed E-state index contributed by atoms with van der Waals surface area (Å²) in [5, 5.41) is 9.49. The van der Waals surface area contributed by atoms with Gasteiger partial charge in [-0.3, -0.25) is 0 Å². The number of hydrogen-bond donors (Lipinski definition) is 1. The van der Waals surface area contributed by atoms with E-state index in [1.54, 1.807) is 18.2 Å². The fourth-order valence-corrected chi connectivity index (χ4v) is 2.28. The van der Waals surface area contributed by atoms with Crippen LogP contribution in [0.15, 0.2) is 30.3 Å². The van der Waals surface area contributed by atoms with Crippen LogP contribution in [-0.4, -0.2) is 12.2 Å². The first-order chi connectivity index (χ1) is 10.0. The van der Waals surface area contributed by atoms with Gasteiger partial charge in [-0.05, 0) is 35.4 Å². The molecule has 0 aliphatic heterocycles. The van der Waals surface area contributed by atoms with Gasteiger partial charge >= 0.3 is 0 Å². The van der Waals surface area contributed by atoms with E-state index in [0.29, 0.717) is 27.6 Å². The van der Waals surface area contributed by atoms with E-state index < -0.39 is 5.82 Å². The van der Waals surface area contributed by atoms with Gasteiger partial charge in [-0.2, -0.15) is 0 Å². The third-order valence-electron chi connectivity index (χ3n) is 2.84. The minimum atomic E-state index is -0.483. The summed E-state index contributed by atoms with van der Waals surface area (Å²) in [6.45, 7) is 0.0124.